The van der Waals surface area contributed by atoms with Crippen LogP contribution in [-0.2, 0) is 0 Å². The van der Waals surface area contributed by atoms with Gasteiger partial charge in [0, 0.05) is 18.2 Å². The van der Waals surface area contributed by atoms with Crippen molar-refractivity contribution < 1.29 is 9.18 Å². The van der Waals surface area contributed by atoms with Crippen LogP contribution in [0.3, 0.4) is 0 Å². The van der Waals surface area contributed by atoms with Crippen LogP contribution in [0.1, 0.15) is 30.8 Å². The monoisotopic (exact) mass is 304 g/mol. The molecule has 1 amide bonds. The largest absolute Gasteiger partial charge is 0.347 e. The van der Waals surface area contributed by atoms with E-state index in [1.165, 1.54) is 12.1 Å². The average Bonchev–Trinajstić information content (AvgIpc) is 2.96. The van der Waals surface area contributed by atoms with Gasteiger partial charge in [0.05, 0.1) is 5.69 Å². The molecule has 118 valence electrons. The van der Waals surface area contributed by atoms with E-state index in [1.54, 1.807) is 18.2 Å². The van der Waals surface area contributed by atoms with Gasteiger partial charge in [0.2, 0.25) is 0 Å². The molecule has 4 N–H and O–H groups in total. The van der Waals surface area contributed by atoms with Gasteiger partial charge in [0.15, 0.2) is 0 Å². The van der Waals surface area contributed by atoms with Gasteiger partial charge in [0.1, 0.15) is 11.5 Å². The first-order valence-corrected chi connectivity index (χ1v) is 7.32. The van der Waals surface area contributed by atoms with E-state index in [2.05, 4.69) is 29.4 Å². The zero-order valence-electron chi connectivity index (χ0n) is 12.8. The standard InChI is InChI=1S/C16H21FN4O/c1-10(2)7-13(9-18)19-16(22)15-8-14(20-21-15)11-3-5-12(17)6-4-11/h3-6,8,10,13H,7,9,18H2,1-2H3,(H,19,22)(H,20,21). The third kappa shape index (κ3) is 4.14. The minimum atomic E-state index is -0.309. The lowest BCUT2D eigenvalue weighted by molar-refractivity contribution is 0.0928. The van der Waals surface area contributed by atoms with Crippen LogP contribution in [0, 0.1) is 11.7 Å². The number of H-pyrrole nitrogens is 1. The summed E-state index contributed by atoms with van der Waals surface area (Å²) >= 11 is 0. The van der Waals surface area contributed by atoms with Gasteiger partial charge in [-0.3, -0.25) is 9.89 Å². The quantitative estimate of drug-likeness (QED) is 0.766. The predicted molar refractivity (Wildman–Crippen MR) is 83.7 cm³/mol. The van der Waals surface area contributed by atoms with Crippen molar-refractivity contribution in [3.8, 4) is 11.3 Å². The van der Waals surface area contributed by atoms with Crippen LogP contribution in [0.25, 0.3) is 11.3 Å². The van der Waals surface area contributed by atoms with Crippen molar-refractivity contribution in [1.82, 2.24) is 15.5 Å². The number of nitrogens with zero attached hydrogens (tertiary/aromatic N) is 1. The summed E-state index contributed by atoms with van der Waals surface area (Å²) in [4.78, 5) is 12.2. The highest BCUT2D eigenvalue weighted by Gasteiger charge is 2.16. The molecule has 22 heavy (non-hydrogen) atoms. The Bertz CT molecular complexity index is 621. The van der Waals surface area contributed by atoms with Crippen LogP contribution in [0.5, 0.6) is 0 Å². The number of amides is 1. The number of benzene rings is 1. The molecule has 0 fully saturated rings. The van der Waals surface area contributed by atoms with Crippen molar-refractivity contribution in [2.45, 2.75) is 26.3 Å². The number of halogens is 1. The molecule has 1 heterocycles. The maximum Gasteiger partial charge on any atom is 0.269 e. The number of nitrogens with one attached hydrogen (secondary N) is 2. The first-order valence-electron chi connectivity index (χ1n) is 7.32. The minimum absolute atomic E-state index is 0.0647. The Labute approximate surface area is 129 Å². The van der Waals surface area contributed by atoms with E-state index >= 15 is 0 Å². The normalized spacial score (nSPS) is 12.4. The Hall–Kier alpha value is -2.21. The molecule has 0 aliphatic rings. The number of rotatable bonds is 6. The summed E-state index contributed by atoms with van der Waals surface area (Å²) in [6.45, 7) is 4.55. The van der Waals surface area contributed by atoms with E-state index in [0.717, 1.165) is 12.0 Å². The summed E-state index contributed by atoms with van der Waals surface area (Å²) in [6, 6.07) is 7.53. The molecule has 2 aromatic rings. The summed E-state index contributed by atoms with van der Waals surface area (Å²) in [5.74, 6) is -0.0981. The molecule has 2 rings (SSSR count). The van der Waals surface area contributed by atoms with Gasteiger partial charge in [-0.15, -0.1) is 0 Å². The molecular formula is C16H21FN4O. The van der Waals surface area contributed by atoms with Gasteiger partial charge in [-0.1, -0.05) is 13.8 Å². The van der Waals surface area contributed by atoms with Crippen molar-refractivity contribution >= 4 is 5.91 Å². The van der Waals surface area contributed by atoms with Crippen molar-refractivity contribution in [2.24, 2.45) is 11.7 Å². The molecule has 1 aromatic carbocycles. The Kier molecular flexibility index (Phi) is 5.27. The van der Waals surface area contributed by atoms with Crippen molar-refractivity contribution in [3.63, 3.8) is 0 Å². The number of nitrogens with two attached hydrogens (primary N) is 1. The van der Waals surface area contributed by atoms with Gasteiger partial charge in [-0.2, -0.15) is 5.10 Å². The second kappa shape index (κ2) is 7.17. The Balaban J connectivity index is 2.07. The molecule has 0 bridgehead atoms. The molecule has 0 saturated carbocycles. The fourth-order valence-electron chi connectivity index (χ4n) is 2.25. The SMILES string of the molecule is CC(C)CC(CN)NC(=O)c1cc(-c2ccc(F)cc2)n[nH]1. The Morgan fingerprint density at radius 3 is 2.64 bits per heavy atom. The van der Waals surface area contributed by atoms with Crippen molar-refractivity contribution in [1.29, 1.82) is 0 Å². The Morgan fingerprint density at radius 2 is 2.05 bits per heavy atom. The summed E-state index contributed by atoms with van der Waals surface area (Å²) in [6.07, 6.45) is 0.821. The molecule has 1 atom stereocenters. The predicted octanol–water partition coefficient (Wildman–Crippen LogP) is 2.32. The lowest BCUT2D eigenvalue weighted by atomic mass is 10.0. The second-order valence-electron chi connectivity index (χ2n) is 5.71. The van der Waals surface area contributed by atoms with Crippen LogP contribution in [0.15, 0.2) is 30.3 Å². The van der Waals surface area contributed by atoms with E-state index in [9.17, 15) is 9.18 Å². The highest BCUT2D eigenvalue weighted by molar-refractivity contribution is 5.93. The molecule has 5 nitrogen and oxygen atoms in total. The second-order valence-corrected chi connectivity index (χ2v) is 5.71. The van der Waals surface area contributed by atoms with Crippen LogP contribution in [0.2, 0.25) is 0 Å². The molecule has 0 saturated heterocycles. The van der Waals surface area contributed by atoms with Gasteiger partial charge in [-0.25, -0.2) is 4.39 Å². The first kappa shape index (κ1) is 16.2. The zero-order chi connectivity index (χ0) is 16.1. The molecule has 1 aromatic heterocycles. The number of aromatic nitrogens is 2. The molecule has 0 radical (unpaired) electrons. The smallest absolute Gasteiger partial charge is 0.269 e. The molecule has 1 unspecified atom stereocenters. The van der Waals surface area contributed by atoms with Gasteiger partial charge in [0.25, 0.3) is 5.91 Å². The molecule has 6 heteroatoms. The van der Waals surface area contributed by atoms with E-state index < -0.39 is 0 Å². The van der Waals surface area contributed by atoms with E-state index in [4.69, 9.17) is 5.73 Å². The fraction of sp³-hybridized carbons (Fsp3) is 0.375. The highest BCUT2D eigenvalue weighted by atomic mass is 19.1. The number of hydrogen-bond donors (Lipinski definition) is 3. The van der Waals surface area contributed by atoms with Crippen LogP contribution < -0.4 is 11.1 Å². The van der Waals surface area contributed by atoms with Crippen molar-refractivity contribution in [3.05, 3.63) is 41.8 Å². The van der Waals surface area contributed by atoms with Crippen LogP contribution in [0.4, 0.5) is 4.39 Å². The molecular weight excluding hydrogens is 283 g/mol. The van der Waals surface area contributed by atoms with Crippen LogP contribution >= 0.6 is 0 Å². The minimum Gasteiger partial charge on any atom is -0.347 e. The van der Waals surface area contributed by atoms with Crippen LogP contribution in [-0.4, -0.2) is 28.7 Å². The fourth-order valence-corrected chi connectivity index (χ4v) is 2.25. The third-order valence-electron chi connectivity index (χ3n) is 3.34. The molecule has 0 aliphatic heterocycles. The third-order valence-corrected chi connectivity index (χ3v) is 3.34. The van der Waals surface area contributed by atoms with Crippen molar-refractivity contribution in [2.75, 3.05) is 6.54 Å². The van der Waals surface area contributed by atoms with E-state index in [1.807, 2.05) is 0 Å². The topological polar surface area (TPSA) is 83.8 Å². The number of hydrogen-bond acceptors (Lipinski definition) is 3. The summed E-state index contributed by atoms with van der Waals surface area (Å²) in [5.41, 5.74) is 7.38. The maximum atomic E-state index is 12.9. The molecule has 0 spiro atoms. The summed E-state index contributed by atoms with van der Waals surface area (Å²) < 4.78 is 12.9. The maximum absolute atomic E-state index is 12.9. The lowest BCUT2D eigenvalue weighted by Crippen LogP contribution is -2.41. The Morgan fingerprint density at radius 1 is 1.36 bits per heavy atom. The number of carbonyl (C=O) groups is 1. The summed E-state index contributed by atoms with van der Waals surface area (Å²) in [7, 11) is 0. The number of carbonyl (C=O) groups excluding carboxylic acids is 1. The van der Waals surface area contributed by atoms with E-state index in [0.29, 0.717) is 23.9 Å². The highest BCUT2D eigenvalue weighted by Crippen LogP contribution is 2.18. The average molecular weight is 304 g/mol. The van der Waals surface area contributed by atoms with Gasteiger partial charge in [-0.05, 0) is 42.7 Å². The first-order chi connectivity index (χ1) is 10.5. The lowest BCUT2D eigenvalue weighted by Gasteiger charge is -2.18. The summed E-state index contributed by atoms with van der Waals surface area (Å²) in [5, 5.41) is 9.69. The number of aromatic amines is 1. The molecule has 0 aliphatic carbocycles. The zero-order valence-corrected chi connectivity index (χ0v) is 12.8. The van der Waals surface area contributed by atoms with Gasteiger partial charge < -0.3 is 11.1 Å². The van der Waals surface area contributed by atoms with Gasteiger partial charge >= 0.3 is 0 Å². The van der Waals surface area contributed by atoms with E-state index in [-0.39, 0.29) is 17.8 Å².